The number of alkyl halides is 6. The van der Waals surface area contributed by atoms with E-state index in [0.29, 0.717) is 0 Å². The van der Waals surface area contributed by atoms with Gasteiger partial charge in [0.15, 0.2) is 5.84 Å². The molecule has 0 aromatic heterocycles. The van der Waals surface area contributed by atoms with Gasteiger partial charge in [-0.25, -0.2) is 10.0 Å². The maximum absolute atomic E-state index is 13.3. The van der Waals surface area contributed by atoms with Crippen LogP contribution < -0.4 is 5.73 Å². The number of rotatable bonds is 1. The molecule has 0 saturated carbocycles. The molecule has 1 aromatic rings. The Morgan fingerprint density at radius 2 is 1.86 bits per heavy atom. The summed E-state index contributed by atoms with van der Waals surface area (Å²) in [6.07, 6.45) is -10.1. The van der Waals surface area contributed by atoms with Gasteiger partial charge in [-0.2, -0.15) is 41.7 Å². The molecular weight excluding hydrogens is 390 g/mol. The Bertz CT molecular complexity index is 981. The van der Waals surface area contributed by atoms with E-state index >= 15 is 0 Å². The Labute approximate surface area is 154 Å². The summed E-state index contributed by atoms with van der Waals surface area (Å²) in [6, 6.07) is 3.59. The van der Waals surface area contributed by atoms with E-state index in [9.17, 15) is 26.3 Å². The standard InChI is InChI=1S/C16H12F6N6/c1-7-9(4-3-8(6-23)11(7)16(20,21)22)25-12-14(2)5-10(15(17,18)19)27-28(14)13(24)26-12/h3-4H,5H2,1-2H3,(H2,24,25,26)/t14-/m0/s1. The molecule has 12 heteroatoms. The van der Waals surface area contributed by atoms with Crippen molar-refractivity contribution >= 4 is 23.2 Å². The fraction of sp³-hybridized carbons (Fsp3) is 0.375. The van der Waals surface area contributed by atoms with Crippen LogP contribution in [0.25, 0.3) is 0 Å². The summed E-state index contributed by atoms with van der Waals surface area (Å²) in [5.74, 6) is -0.545. The van der Waals surface area contributed by atoms with Gasteiger partial charge in [-0.15, -0.1) is 0 Å². The molecule has 2 heterocycles. The monoisotopic (exact) mass is 402 g/mol. The van der Waals surface area contributed by atoms with Crippen molar-refractivity contribution in [1.29, 1.82) is 5.26 Å². The molecule has 0 unspecified atom stereocenters. The van der Waals surface area contributed by atoms with Crippen LogP contribution in [0.15, 0.2) is 27.2 Å². The average molecular weight is 402 g/mol. The van der Waals surface area contributed by atoms with Gasteiger partial charge in [0.25, 0.3) is 0 Å². The van der Waals surface area contributed by atoms with Gasteiger partial charge in [0, 0.05) is 6.42 Å². The quantitative estimate of drug-likeness (QED) is 0.728. The van der Waals surface area contributed by atoms with Gasteiger partial charge in [0.1, 0.15) is 11.3 Å². The summed E-state index contributed by atoms with van der Waals surface area (Å²) in [4.78, 5) is 7.93. The van der Waals surface area contributed by atoms with E-state index in [4.69, 9.17) is 11.0 Å². The fourth-order valence-corrected chi connectivity index (χ4v) is 3.12. The predicted octanol–water partition coefficient (Wildman–Crippen LogP) is 3.63. The zero-order chi connectivity index (χ0) is 21.1. The molecular formula is C16H12F6N6. The first kappa shape index (κ1) is 19.7. The van der Waals surface area contributed by atoms with Gasteiger partial charge in [-0.1, -0.05) is 0 Å². The van der Waals surface area contributed by atoms with E-state index in [1.54, 1.807) is 0 Å². The molecule has 0 bridgehead atoms. The minimum atomic E-state index is -4.81. The Morgan fingerprint density at radius 3 is 2.39 bits per heavy atom. The average Bonchev–Trinajstić information content (AvgIpc) is 3.02. The number of amidine groups is 1. The van der Waals surface area contributed by atoms with Crippen molar-refractivity contribution in [2.45, 2.75) is 38.2 Å². The molecule has 1 aromatic carbocycles. The first-order chi connectivity index (χ1) is 12.8. The number of nitriles is 1. The third-order valence-corrected chi connectivity index (χ3v) is 4.51. The van der Waals surface area contributed by atoms with Crippen molar-refractivity contribution in [2.75, 3.05) is 0 Å². The lowest BCUT2D eigenvalue weighted by Crippen LogP contribution is -2.45. The minimum Gasteiger partial charge on any atom is -0.368 e. The molecule has 0 radical (unpaired) electrons. The highest BCUT2D eigenvalue weighted by molar-refractivity contribution is 6.13. The lowest BCUT2D eigenvalue weighted by atomic mass is 9.94. The number of halogens is 6. The van der Waals surface area contributed by atoms with E-state index < -0.39 is 41.2 Å². The lowest BCUT2D eigenvalue weighted by molar-refractivity contribution is -0.138. The Hall–Kier alpha value is -3.10. The second-order valence-electron chi connectivity index (χ2n) is 6.45. The first-order valence-electron chi connectivity index (χ1n) is 7.78. The van der Waals surface area contributed by atoms with E-state index in [2.05, 4.69) is 15.1 Å². The van der Waals surface area contributed by atoms with Gasteiger partial charge in [0.2, 0.25) is 5.96 Å². The van der Waals surface area contributed by atoms with Crippen LogP contribution in [-0.4, -0.2) is 34.2 Å². The van der Waals surface area contributed by atoms with Crippen LogP contribution in [-0.2, 0) is 6.18 Å². The number of hydrogen-bond donors (Lipinski definition) is 1. The van der Waals surface area contributed by atoms with Crippen molar-refractivity contribution in [2.24, 2.45) is 20.8 Å². The largest absolute Gasteiger partial charge is 0.431 e. The SMILES string of the molecule is Cc1c(N=C2N=C(N)N3N=C(C(F)(F)F)C[C@@]23C)ccc(C#N)c1C(F)(F)F. The molecule has 0 spiro atoms. The van der Waals surface area contributed by atoms with Crippen LogP contribution >= 0.6 is 0 Å². The number of fused-ring (bicyclic) bond motifs is 1. The lowest BCUT2D eigenvalue weighted by Gasteiger charge is -2.25. The topological polar surface area (TPSA) is 90.1 Å². The molecule has 0 fully saturated rings. The Morgan fingerprint density at radius 1 is 1.21 bits per heavy atom. The third-order valence-electron chi connectivity index (χ3n) is 4.51. The molecule has 28 heavy (non-hydrogen) atoms. The van der Waals surface area contributed by atoms with Crippen molar-refractivity contribution < 1.29 is 26.3 Å². The molecule has 2 aliphatic heterocycles. The molecule has 0 aliphatic carbocycles. The van der Waals surface area contributed by atoms with Crippen LogP contribution in [0.4, 0.5) is 32.0 Å². The molecule has 2 N–H and O–H groups in total. The van der Waals surface area contributed by atoms with Crippen molar-refractivity contribution in [1.82, 2.24) is 5.01 Å². The Kier molecular flexibility index (Phi) is 4.18. The molecule has 148 valence electrons. The van der Waals surface area contributed by atoms with Crippen LogP contribution in [0.1, 0.15) is 30.0 Å². The van der Waals surface area contributed by atoms with E-state index in [1.807, 2.05) is 0 Å². The van der Waals surface area contributed by atoms with Gasteiger partial charge in [-0.05, 0) is 31.5 Å². The second-order valence-corrected chi connectivity index (χ2v) is 6.45. The van der Waals surface area contributed by atoms with Crippen LogP contribution in [0.3, 0.4) is 0 Å². The molecule has 2 aliphatic rings. The molecule has 1 atom stereocenters. The number of guanidine groups is 1. The molecule has 0 amide bonds. The van der Waals surface area contributed by atoms with Crippen molar-refractivity contribution in [3.05, 3.63) is 28.8 Å². The molecule has 0 saturated heterocycles. The summed E-state index contributed by atoms with van der Waals surface area (Å²) < 4.78 is 79.0. The number of hydrogen-bond acceptors (Lipinski definition) is 5. The van der Waals surface area contributed by atoms with Crippen LogP contribution in [0, 0.1) is 18.3 Å². The normalized spacial score (nSPS) is 23.5. The second kappa shape index (κ2) is 5.95. The summed E-state index contributed by atoms with van der Waals surface area (Å²) >= 11 is 0. The highest BCUT2D eigenvalue weighted by atomic mass is 19.4. The predicted molar refractivity (Wildman–Crippen MR) is 88.0 cm³/mol. The number of nitrogens with zero attached hydrogens (tertiary/aromatic N) is 5. The van der Waals surface area contributed by atoms with E-state index in [1.165, 1.54) is 19.1 Å². The van der Waals surface area contributed by atoms with Crippen molar-refractivity contribution in [3.8, 4) is 6.07 Å². The maximum atomic E-state index is 13.3. The molecule has 3 rings (SSSR count). The van der Waals surface area contributed by atoms with Crippen molar-refractivity contribution in [3.63, 3.8) is 0 Å². The first-order valence-corrected chi connectivity index (χ1v) is 7.78. The van der Waals surface area contributed by atoms with Crippen LogP contribution in [0.5, 0.6) is 0 Å². The highest BCUT2D eigenvalue weighted by Crippen LogP contribution is 2.41. The summed E-state index contributed by atoms with van der Waals surface area (Å²) in [6.45, 7) is 2.48. The summed E-state index contributed by atoms with van der Waals surface area (Å²) in [7, 11) is 0. The number of benzene rings is 1. The minimum absolute atomic E-state index is 0.179. The van der Waals surface area contributed by atoms with Gasteiger partial charge in [0.05, 0.1) is 22.9 Å². The van der Waals surface area contributed by atoms with Crippen LogP contribution in [0.2, 0.25) is 0 Å². The smallest absolute Gasteiger partial charge is 0.368 e. The Balaban J connectivity index is 2.11. The summed E-state index contributed by atoms with van der Waals surface area (Å²) in [5.41, 5.74) is 0.802. The zero-order valence-electron chi connectivity index (χ0n) is 14.4. The van der Waals surface area contributed by atoms with E-state index in [0.717, 1.165) is 18.0 Å². The zero-order valence-corrected chi connectivity index (χ0v) is 14.4. The van der Waals surface area contributed by atoms with Gasteiger partial charge >= 0.3 is 12.4 Å². The number of hydrazone groups is 1. The highest BCUT2D eigenvalue weighted by Gasteiger charge is 2.55. The fourth-order valence-electron chi connectivity index (χ4n) is 3.12. The number of nitrogens with two attached hydrogens (primary N) is 1. The van der Waals surface area contributed by atoms with Gasteiger partial charge < -0.3 is 5.73 Å². The van der Waals surface area contributed by atoms with Gasteiger partial charge in [-0.3, -0.25) is 0 Å². The maximum Gasteiger partial charge on any atom is 0.431 e. The number of aliphatic imine (C=N–C) groups is 2. The van der Waals surface area contributed by atoms with E-state index in [-0.39, 0.29) is 23.0 Å². The third kappa shape index (κ3) is 2.96. The molecule has 6 nitrogen and oxygen atoms in total. The summed E-state index contributed by atoms with van der Waals surface area (Å²) in [5, 5.41) is 13.2.